The number of hydrogen-bond donors (Lipinski definition) is 3. The number of hydrogen-bond acceptors (Lipinski definition) is 13. The smallest absolute Gasteiger partial charge is 0.416 e. The maximum absolute atomic E-state index is 13.1. The van der Waals surface area contributed by atoms with Crippen molar-refractivity contribution in [3.63, 3.8) is 0 Å². The van der Waals surface area contributed by atoms with Gasteiger partial charge in [0, 0.05) is 31.8 Å². The fourth-order valence-electron chi connectivity index (χ4n) is 6.84. The minimum absolute atomic E-state index is 0.0319. The number of nitrogens with zero attached hydrogens (tertiary/aromatic N) is 7. The monoisotopic (exact) mass is 1070 g/mol. The van der Waals surface area contributed by atoms with Crippen LogP contribution < -0.4 is 30.2 Å². The number of alkyl halides is 6. The molecular weight excluding hydrogens is 1050 g/mol. The quantitative estimate of drug-likeness (QED) is 0.111. The molecule has 0 atom stereocenters. The molecule has 2 aliphatic rings. The molecule has 0 saturated heterocycles. The average molecular weight is 1080 g/mol. The van der Waals surface area contributed by atoms with Gasteiger partial charge in [-0.1, -0.05) is 59.9 Å². The zero-order valence-corrected chi connectivity index (χ0v) is 38.3. The summed E-state index contributed by atoms with van der Waals surface area (Å²) in [4.78, 5) is 26.4. The largest absolute Gasteiger partial charge is 0.454 e. The number of anilines is 1. The van der Waals surface area contributed by atoms with Crippen molar-refractivity contribution in [3.8, 4) is 23.0 Å². The maximum atomic E-state index is 13.1. The summed E-state index contributed by atoms with van der Waals surface area (Å²) >= 11 is 9.75. The van der Waals surface area contributed by atoms with Crippen LogP contribution in [-0.2, 0) is 38.3 Å². The number of rotatable bonds is 10. The molecule has 2 aliphatic heterocycles. The number of nitrogens with one attached hydrogen (secondary N) is 2. The number of nitrogens with two attached hydrogens (primary N) is 1. The van der Waals surface area contributed by atoms with Crippen LogP contribution in [0.25, 0.3) is 22.3 Å². The fourth-order valence-corrected chi connectivity index (χ4v) is 9.73. The highest BCUT2D eigenvalue weighted by atomic mass is 79.9. The summed E-state index contributed by atoms with van der Waals surface area (Å²) in [6.45, 7) is 1.02. The number of aryl methyl sites for hydroxylation is 4. The Bertz CT molecular complexity index is 3200. The molecule has 10 rings (SSSR count). The topological polar surface area (TPSA) is 177 Å². The average Bonchev–Trinajstić information content (AvgIpc) is 4.10. The van der Waals surface area contributed by atoms with Gasteiger partial charge in [0.15, 0.2) is 61.4 Å². The summed E-state index contributed by atoms with van der Waals surface area (Å²) in [6, 6.07) is 17.8. The molecule has 6 heterocycles. The number of ether oxygens (including phenoxy) is 4. The minimum Gasteiger partial charge on any atom is -0.454 e. The third-order valence-electron chi connectivity index (χ3n) is 10.1. The number of aromatic amines is 1. The van der Waals surface area contributed by atoms with Gasteiger partial charge in [0.25, 0.3) is 0 Å². The van der Waals surface area contributed by atoms with Crippen LogP contribution in [0.4, 0.5) is 32.2 Å². The second-order valence-electron chi connectivity index (χ2n) is 14.4. The van der Waals surface area contributed by atoms with E-state index in [1.165, 1.54) is 48.3 Å². The number of H-pyrrole nitrogens is 1. The number of nitrogen functional groups attached to an aromatic ring is 1. The zero-order valence-electron chi connectivity index (χ0n) is 33.5. The van der Waals surface area contributed by atoms with Crippen molar-refractivity contribution in [1.29, 1.82) is 5.41 Å². The van der Waals surface area contributed by atoms with E-state index in [4.69, 9.17) is 30.1 Å². The first-order valence-electron chi connectivity index (χ1n) is 19.4. The number of fused-ring (bicyclic) bond motifs is 4. The Balaban J connectivity index is 0.000000166. The SMILES string of the molecule is N=c1ncn(CCc2cccc(C(F)(F)F)c2)c2nc(Sc3cc4c(cc3Br)OCO4)[nH]c12.Nc1ncnc2c1nc(Sc1cc3c(cc1Br)OCO3)n2CCc1cccc(C(F)(F)F)c1. The minimum atomic E-state index is -4.40. The lowest BCUT2D eigenvalue weighted by atomic mass is 10.1. The van der Waals surface area contributed by atoms with Gasteiger partial charge in [0.2, 0.25) is 13.6 Å². The highest BCUT2D eigenvalue weighted by molar-refractivity contribution is 9.10. The second kappa shape index (κ2) is 18.4. The molecule has 4 N–H and O–H groups in total. The second-order valence-corrected chi connectivity index (χ2v) is 18.1. The molecule has 0 radical (unpaired) electrons. The van der Waals surface area contributed by atoms with Crippen LogP contribution >= 0.6 is 55.4 Å². The first kappa shape index (κ1) is 45.2. The Kier molecular flexibility index (Phi) is 12.6. The van der Waals surface area contributed by atoms with Crippen LogP contribution in [0.3, 0.4) is 0 Å². The van der Waals surface area contributed by atoms with Crippen LogP contribution in [0.1, 0.15) is 22.3 Å². The van der Waals surface area contributed by atoms with Gasteiger partial charge < -0.3 is 38.8 Å². The Morgan fingerprint density at radius 2 is 1.26 bits per heavy atom. The summed E-state index contributed by atoms with van der Waals surface area (Å²) in [7, 11) is 0. The number of benzene rings is 4. The Labute approximate surface area is 394 Å². The summed E-state index contributed by atoms with van der Waals surface area (Å²) < 4.78 is 105. The Morgan fingerprint density at radius 1 is 0.697 bits per heavy atom. The predicted molar refractivity (Wildman–Crippen MR) is 237 cm³/mol. The summed E-state index contributed by atoms with van der Waals surface area (Å²) in [5.41, 5.74) is 7.66. The van der Waals surface area contributed by atoms with E-state index in [0.717, 1.165) is 43.0 Å². The first-order valence-corrected chi connectivity index (χ1v) is 22.6. The van der Waals surface area contributed by atoms with E-state index in [2.05, 4.69) is 61.8 Å². The highest BCUT2D eigenvalue weighted by Gasteiger charge is 2.31. The van der Waals surface area contributed by atoms with Crippen LogP contribution in [0.2, 0.25) is 0 Å². The summed E-state index contributed by atoms with van der Waals surface area (Å²) in [5.74, 6) is 2.77. The van der Waals surface area contributed by atoms with Gasteiger partial charge in [-0.3, -0.25) is 5.41 Å². The molecule has 0 spiro atoms. The van der Waals surface area contributed by atoms with E-state index >= 15 is 0 Å². The maximum Gasteiger partial charge on any atom is 0.416 e. The molecule has 14 nitrogen and oxygen atoms in total. The van der Waals surface area contributed by atoms with E-state index in [0.29, 0.717) is 92.7 Å². The molecule has 0 bridgehead atoms. The van der Waals surface area contributed by atoms with Gasteiger partial charge in [-0.25, -0.2) is 24.9 Å². The number of imidazole rings is 2. The molecule has 0 aliphatic carbocycles. The Morgan fingerprint density at radius 3 is 1.85 bits per heavy atom. The van der Waals surface area contributed by atoms with E-state index in [1.807, 2.05) is 28.8 Å². The van der Waals surface area contributed by atoms with E-state index in [-0.39, 0.29) is 24.9 Å². The van der Waals surface area contributed by atoms with Crippen molar-refractivity contribution in [2.75, 3.05) is 19.3 Å². The van der Waals surface area contributed by atoms with Crippen LogP contribution in [-0.4, -0.2) is 52.6 Å². The van der Waals surface area contributed by atoms with E-state index in [1.54, 1.807) is 16.7 Å². The lowest BCUT2D eigenvalue weighted by Gasteiger charge is -2.11. The van der Waals surface area contributed by atoms with Gasteiger partial charge >= 0.3 is 12.4 Å². The molecule has 340 valence electrons. The zero-order chi connectivity index (χ0) is 46.3. The molecule has 24 heteroatoms. The third-order valence-corrected chi connectivity index (χ3v) is 13.9. The molecule has 4 aromatic heterocycles. The van der Waals surface area contributed by atoms with Crippen molar-refractivity contribution in [2.45, 2.75) is 58.4 Å². The molecule has 8 aromatic rings. The Hall–Kier alpha value is -5.98. The van der Waals surface area contributed by atoms with E-state index < -0.39 is 23.5 Å². The first-order chi connectivity index (χ1) is 31.6. The molecule has 0 saturated carbocycles. The van der Waals surface area contributed by atoms with Crippen molar-refractivity contribution >= 4 is 83.5 Å². The lowest BCUT2D eigenvalue weighted by molar-refractivity contribution is -0.138. The summed E-state index contributed by atoms with van der Waals surface area (Å²) in [5, 5.41) is 9.23. The van der Waals surface area contributed by atoms with Gasteiger partial charge in [0.05, 0.1) is 17.5 Å². The lowest BCUT2D eigenvalue weighted by Crippen LogP contribution is -2.14. The molecule has 0 unspecified atom stereocenters. The molecule has 0 fully saturated rings. The highest BCUT2D eigenvalue weighted by Crippen LogP contribution is 2.44. The molecule has 66 heavy (non-hydrogen) atoms. The third kappa shape index (κ3) is 9.76. The molecule has 4 aromatic carbocycles. The van der Waals surface area contributed by atoms with Gasteiger partial charge in [-0.2, -0.15) is 26.3 Å². The van der Waals surface area contributed by atoms with Crippen LogP contribution in [0, 0.1) is 5.41 Å². The van der Waals surface area contributed by atoms with Crippen LogP contribution in [0.15, 0.2) is 115 Å². The van der Waals surface area contributed by atoms with E-state index in [9.17, 15) is 26.3 Å². The standard InChI is InChI=1S/2C21H15BrF3N5O2S/c22-13-7-14-15(32-10-31-14)8-16(13)33-20-28-17-18(26)27-9-30(19(17)29-20)5-4-11-2-1-3-12(6-11)21(23,24)25;22-13-7-14-15(32-10-31-14)8-16(13)33-20-29-17-18(26)27-9-28-19(17)30(20)5-4-11-2-1-3-12(6-11)21(23,24)25/h1-3,6-9,26H,4-5,10H2,(H,28,29);1-3,6-9H,4-5,10H2,(H2,26,27,28). The molecular formula is C42H30Br2F6N10O4S2. The van der Waals surface area contributed by atoms with Crippen molar-refractivity contribution in [2.24, 2.45) is 0 Å². The van der Waals surface area contributed by atoms with Gasteiger partial charge in [-0.15, -0.1) is 0 Å². The predicted octanol–water partition coefficient (Wildman–Crippen LogP) is 10.5. The number of aromatic nitrogens is 8. The van der Waals surface area contributed by atoms with Gasteiger partial charge in [-0.05, 0) is 92.2 Å². The van der Waals surface area contributed by atoms with Crippen molar-refractivity contribution in [1.82, 2.24) is 39.0 Å². The summed E-state index contributed by atoms with van der Waals surface area (Å²) in [6.07, 6.45) is -5.27. The molecule has 0 amide bonds. The van der Waals surface area contributed by atoms with Crippen molar-refractivity contribution < 1.29 is 45.3 Å². The van der Waals surface area contributed by atoms with Crippen LogP contribution in [0.5, 0.6) is 23.0 Å². The fraction of sp³-hybridized carbons (Fsp3) is 0.190. The normalized spacial score (nSPS) is 13.1. The van der Waals surface area contributed by atoms with Crippen molar-refractivity contribution in [3.05, 3.63) is 122 Å². The van der Waals surface area contributed by atoms with Gasteiger partial charge in [0.1, 0.15) is 11.8 Å². The number of halogens is 8.